The summed E-state index contributed by atoms with van der Waals surface area (Å²) >= 11 is 7.34. The third kappa shape index (κ3) is 5.66. The Morgan fingerprint density at radius 3 is 2.88 bits per heavy atom. The van der Waals surface area contributed by atoms with Crippen molar-refractivity contribution in [3.05, 3.63) is 51.9 Å². The smallest absolute Gasteiger partial charge is 0.394 e. The predicted octanol–water partition coefficient (Wildman–Crippen LogP) is 2.04. The lowest BCUT2D eigenvalue weighted by atomic mass is 10.1. The van der Waals surface area contributed by atoms with Gasteiger partial charge in [0.05, 0.1) is 35.7 Å². The number of rotatable bonds is 8. The minimum atomic E-state index is -0.918. The maximum Gasteiger partial charge on any atom is 0.414 e. The van der Waals surface area contributed by atoms with E-state index in [1.807, 2.05) is 24.3 Å². The second-order valence-corrected chi connectivity index (χ2v) is 9.77. The number of aliphatic hydroxyl groups excluding tert-OH is 2. The minimum Gasteiger partial charge on any atom is -0.394 e. The Bertz CT molecular complexity index is 1120. The van der Waals surface area contributed by atoms with Crippen LogP contribution in [0.1, 0.15) is 17.2 Å². The molecule has 5 N–H and O–H groups in total. The molecule has 1 aromatic carbocycles. The van der Waals surface area contributed by atoms with E-state index in [1.165, 1.54) is 11.3 Å². The average molecular weight is 493 g/mol. The van der Waals surface area contributed by atoms with E-state index in [1.54, 1.807) is 24.1 Å². The molecule has 2 amide bonds. The van der Waals surface area contributed by atoms with E-state index < -0.39 is 24.3 Å². The molecule has 0 saturated carbocycles. The summed E-state index contributed by atoms with van der Waals surface area (Å²) in [6.45, 7) is -0.172. The molecule has 3 aromatic rings. The molecule has 9 nitrogen and oxygen atoms in total. The van der Waals surface area contributed by atoms with Gasteiger partial charge < -0.3 is 30.6 Å². The van der Waals surface area contributed by atoms with Gasteiger partial charge in [0.1, 0.15) is 4.83 Å². The van der Waals surface area contributed by atoms with Crippen molar-refractivity contribution < 1.29 is 24.5 Å². The number of halogens is 1. The number of aromatic nitrogens is 1. The van der Waals surface area contributed by atoms with E-state index in [2.05, 4.69) is 15.6 Å². The Kier molecular flexibility index (Phi) is 7.20. The van der Waals surface area contributed by atoms with Crippen molar-refractivity contribution in [1.82, 2.24) is 20.5 Å². The van der Waals surface area contributed by atoms with E-state index >= 15 is 0 Å². The number of carbonyl (C=O) groups is 2. The maximum absolute atomic E-state index is 12.7. The largest absolute Gasteiger partial charge is 0.414 e. The van der Waals surface area contributed by atoms with Gasteiger partial charge in [-0.15, -0.1) is 11.3 Å². The van der Waals surface area contributed by atoms with E-state index in [4.69, 9.17) is 21.4 Å². The molecular weight excluding hydrogens is 468 g/mol. The van der Waals surface area contributed by atoms with Crippen LogP contribution in [-0.2, 0) is 11.2 Å². The molecular formula is C22H25ClN4O5S. The molecule has 0 radical (unpaired) electrons. The first-order valence-electron chi connectivity index (χ1n) is 10.4. The Hall–Kier alpha value is -2.63. The molecule has 33 heavy (non-hydrogen) atoms. The van der Waals surface area contributed by atoms with Crippen molar-refractivity contribution in [1.29, 1.82) is 0 Å². The number of aliphatic hydroxyl groups is 2. The van der Waals surface area contributed by atoms with Gasteiger partial charge in [0, 0.05) is 18.0 Å². The summed E-state index contributed by atoms with van der Waals surface area (Å²) in [6, 6.07) is 10.4. The first-order chi connectivity index (χ1) is 15.8. The van der Waals surface area contributed by atoms with Gasteiger partial charge in [-0.25, -0.2) is 4.79 Å². The summed E-state index contributed by atoms with van der Waals surface area (Å²) < 4.78 is 6.06. The summed E-state index contributed by atoms with van der Waals surface area (Å²) in [4.78, 5) is 30.7. The number of H-pyrrole nitrogens is 1. The molecule has 0 aliphatic heterocycles. The number of ether oxygens (including phenoxy) is 1. The van der Waals surface area contributed by atoms with Crippen molar-refractivity contribution in [3.63, 3.8) is 0 Å². The monoisotopic (exact) mass is 492 g/mol. The molecule has 2 heterocycles. The SMILES string of the molecule is CN(CC(=O)N[C@@H]1c2ccccc2C[C@H]1NC(=O)Oc1cc2cc(Cl)sc2[nH]1)CC(O)CO. The number of benzene rings is 1. The highest BCUT2D eigenvalue weighted by atomic mass is 35.5. The zero-order chi connectivity index (χ0) is 23.5. The van der Waals surface area contributed by atoms with Crippen LogP contribution in [0.25, 0.3) is 10.2 Å². The van der Waals surface area contributed by atoms with Gasteiger partial charge in [-0.2, -0.15) is 0 Å². The standard InChI is InChI=1S/C22H25ClN4O5S/c1-27(9-14(29)11-28)10-18(30)25-20-15-5-3-2-4-12(15)6-16(20)24-22(31)32-19-8-13-7-17(23)33-21(13)26-19/h2-5,7-8,14,16,20,26,28-29H,6,9-11H2,1H3,(H,24,31)(H,25,30)/t14?,16-,20-/m1/s1. The van der Waals surface area contributed by atoms with Crippen molar-refractivity contribution in [2.75, 3.05) is 26.7 Å². The maximum atomic E-state index is 12.7. The quantitative estimate of drug-likeness (QED) is 0.327. The lowest BCUT2D eigenvalue weighted by Crippen LogP contribution is -2.47. The van der Waals surface area contributed by atoms with Crippen LogP contribution in [0.3, 0.4) is 0 Å². The van der Waals surface area contributed by atoms with Crippen LogP contribution in [0, 0.1) is 0 Å². The van der Waals surface area contributed by atoms with Crippen LogP contribution in [-0.4, -0.2) is 71.0 Å². The van der Waals surface area contributed by atoms with Crippen LogP contribution in [0.4, 0.5) is 4.79 Å². The Labute approximate surface area is 199 Å². The Morgan fingerprint density at radius 1 is 1.33 bits per heavy atom. The van der Waals surface area contributed by atoms with E-state index in [0.29, 0.717) is 16.6 Å². The summed E-state index contributed by atoms with van der Waals surface area (Å²) in [7, 11) is 1.68. The number of fused-ring (bicyclic) bond motifs is 2. The van der Waals surface area contributed by atoms with E-state index in [0.717, 1.165) is 21.3 Å². The van der Waals surface area contributed by atoms with Gasteiger partial charge in [0.25, 0.3) is 0 Å². The lowest BCUT2D eigenvalue weighted by Gasteiger charge is -2.25. The third-order valence-electron chi connectivity index (χ3n) is 5.46. The fraction of sp³-hybridized carbons (Fsp3) is 0.364. The van der Waals surface area contributed by atoms with Crippen molar-refractivity contribution in [2.45, 2.75) is 24.6 Å². The molecule has 0 saturated heterocycles. The number of nitrogens with one attached hydrogen (secondary N) is 3. The van der Waals surface area contributed by atoms with Gasteiger partial charge in [-0.05, 0) is 30.7 Å². The van der Waals surface area contributed by atoms with Crippen LogP contribution >= 0.6 is 22.9 Å². The zero-order valence-corrected chi connectivity index (χ0v) is 19.4. The van der Waals surface area contributed by atoms with Crippen molar-refractivity contribution in [3.8, 4) is 5.88 Å². The lowest BCUT2D eigenvalue weighted by molar-refractivity contribution is -0.123. The van der Waals surface area contributed by atoms with Crippen molar-refractivity contribution in [2.24, 2.45) is 0 Å². The zero-order valence-electron chi connectivity index (χ0n) is 17.9. The highest BCUT2D eigenvalue weighted by Gasteiger charge is 2.35. The number of carbonyl (C=O) groups excluding carboxylic acids is 2. The van der Waals surface area contributed by atoms with Gasteiger partial charge in [-0.3, -0.25) is 9.69 Å². The second-order valence-electron chi connectivity index (χ2n) is 8.09. The normalized spacial score (nSPS) is 18.3. The van der Waals surface area contributed by atoms with Gasteiger partial charge >= 0.3 is 6.09 Å². The first-order valence-corrected chi connectivity index (χ1v) is 11.6. The molecule has 1 aliphatic rings. The molecule has 0 spiro atoms. The third-order valence-corrected chi connectivity index (χ3v) is 6.65. The van der Waals surface area contributed by atoms with Gasteiger partial charge in [-0.1, -0.05) is 35.9 Å². The van der Waals surface area contributed by atoms with Crippen LogP contribution in [0.15, 0.2) is 36.4 Å². The number of thiophene rings is 1. The van der Waals surface area contributed by atoms with Crippen LogP contribution < -0.4 is 15.4 Å². The van der Waals surface area contributed by atoms with E-state index in [-0.39, 0.29) is 25.6 Å². The van der Waals surface area contributed by atoms with E-state index in [9.17, 15) is 14.7 Å². The summed E-state index contributed by atoms with van der Waals surface area (Å²) in [5.41, 5.74) is 1.97. The molecule has 2 aromatic heterocycles. The highest BCUT2D eigenvalue weighted by Crippen LogP contribution is 2.33. The molecule has 0 fully saturated rings. The van der Waals surface area contributed by atoms with Gasteiger partial charge in [0.2, 0.25) is 11.8 Å². The number of amides is 2. The Morgan fingerprint density at radius 2 is 2.12 bits per heavy atom. The molecule has 3 atom stereocenters. The molecule has 11 heteroatoms. The number of nitrogens with zero attached hydrogens (tertiary/aromatic N) is 1. The van der Waals surface area contributed by atoms with Gasteiger partial charge in [0.15, 0.2) is 0 Å². The number of hydrogen-bond acceptors (Lipinski definition) is 7. The molecule has 1 aliphatic carbocycles. The average Bonchev–Trinajstić information content (AvgIpc) is 3.38. The molecule has 4 rings (SSSR count). The predicted molar refractivity (Wildman–Crippen MR) is 126 cm³/mol. The highest BCUT2D eigenvalue weighted by molar-refractivity contribution is 7.22. The fourth-order valence-corrected chi connectivity index (χ4v) is 5.17. The molecule has 176 valence electrons. The minimum absolute atomic E-state index is 0.0364. The second kappa shape index (κ2) is 10.1. The molecule has 1 unspecified atom stereocenters. The van der Waals surface area contributed by atoms with Crippen molar-refractivity contribution >= 4 is 45.2 Å². The summed E-state index contributed by atoms with van der Waals surface area (Å²) in [5.74, 6) is 0.0524. The fourth-order valence-electron chi connectivity index (χ4n) is 4.06. The molecule has 0 bridgehead atoms. The number of aromatic amines is 1. The number of likely N-dealkylation sites (N-methyl/N-ethyl adjacent to an activating group) is 1. The first kappa shape index (κ1) is 23.5. The summed E-state index contributed by atoms with van der Waals surface area (Å²) in [6.07, 6.45) is -1.00. The van der Waals surface area contributed by atoms with Crippen LogP contribution in [0.5, 0.6) is 5.88 Å². The summed E-state index contributed by atoms with van der Waals surface area (Å²) in [5, 5.41) is 25.3. The number of hydrogen-bond donors (Lipinski definition) is 5. The topological polar surface area (TPSA) is 127 Å². The van der Waals surface area contributed by atoms with Crippen LogP contribution in [0.2, 0.25) is 4.34 Å². The Balaban J connectivity index is 1.40.